The van der Waals surface area contributed by atoms with Crippen molar-refractivity contribution in [3.63, 3.8) is 0 Å². The topological polar surface area (TPSA) is 82.1 Å². The number of β-amino-alcohol motifs (C(OH)–C–C–N with tert-alkyl or cyclic N) is 1. The Bertz CT molecular complexity index is 140. The fourth-order valence-electron chi connectivity index (χ4n) is 0.629. The van der Waals surface area contributed by atoms with E-state index < -0.39 is 6.10 Å². The van der Waals surface area contributed by atoms with Crippen LogP contribution in [0.1, 0.15) is 1.43 Å². The largest absolute Gasteiger partial charge is 1.00 e. The third kappa shape index (κ3) is 1.98. The van der Waals surface area contributed by atoms with Crippen LogP contribution in [0, 0.1) is 5.21 Å². The van der Waals surface area contributed by atoms with E-state index in [1.54, 1.807) is 0 Å². The molecule has 1 aliphatic rings. The smallest absolute Gasteiger partial charge is 1.00 e. The molecule has 0 radical (unpaired) electrons. The quantitative estimate of drug-likeness (QED) is 0.176. The normalized spacial score (nSPS) is 19.7. The third-order valence-electron chi connectivity index (χ3n) is 1.16. The number of aliphatic hydroxyl groups excluding tert-OH is 1. The van der Waals surface area contributed by atoms with Crippen LogP contribution < -0.4 is 29.6 Å². The average Bonchev–Trinajstić information content (AvgIpc) is 1.79. The van der Waals surface area contributed by atoms with Crippen LogP contribution in [0.25, 0.3) is 0 Å². The standard InChI is InChI=1S/C3H7N3O3.Na.H/c7-3-1-5(2-3)6(9)4-8;;/h3,7-8H,1-2H2;;/q;+1;-1/b6-4+;;. The first kappa shape index (κ1) is 9.96. The molecular formula is C3H8N3NaO3. The van der Waals surface area contributed by atoms with E-state index in [-0.39, 0.29) is 49.0 Å². The van der Waals surface area contributed by atoms with Gasteiger partial charge in [-0.1, -0.05) is 0 Å². The molecule has 0 aromatic carbocycles. The summed E-state index contributed by atoms with van der Waals surface area (Å²) in [5.74, 6) is 0. The molecule has 0 unspecified atom stereocenters. The van der Waals surface area contributed by atoms with E-state index in [0.717, 1.165) is 5.01 Å². The van der Waals surface area contributed by atoms with Crippen molar-refractivity contribution in [1.82, 2.24) is 5.01 Å². The minimum atomic E-state index is -0.455. The van der Waals surface area contributed by atoms with Crippen molar-refractivity contribution in [1.29, 1.82) is 0 Å². The Morgan fingerprint density at radius 3 is 2.50 bits per heavy atom. The summed E-state index contributed by atoms with van der Waals surface area (Å²) < 4.78 is 0. The molecule has 0 bridgehead atoms. The summed E-state index contributed by atoms with van der Waals surface area (Å²) in [5.41, 5.74) is 0. The molecule has 2 N–H and O–H groups in total. The number of rotatable bonds is 1. The number of hydrogen-bond acceptors (Lipinski definition) is 3. The fraction of sp³-hybridized carbons (Fsp3) is 1.00. The van der Waals surface area contributed by atoms with Gasteiger partial charge in [0, 0.05) is 0 Å². The molecule has 1 fully saturated rings. The second kappa shape index (κ2) is 3.97. The van der Waals surface area contributed by atoms with Gasteiger partial charge in [-0.3, -0.25) is 0 Å². The fourth-order valence-corrected chi connectivity index (χ4v) is 0.629. The van der Waals surface area contributed by atoms with Gasteiger partial charge in [-0.15, -0.1) is 5.01 Å². The molecule has 6 nitrogen and oxygen atoms in total. The Morgan fingerprint density at radius 2 is 2.20 bits per heavy atom. The number of hydrogen-bond donors (Lipinski definition) is 2. The molecule has 0 aromatic rings. The molecule has 1 rings (SSSR count). The maximum atomic E-state index is 10.3. The first-order valence-corrected chi connectivity index (χ1v) is 2.49. The van der Waals surface area contributed by atoms with Crippen LogP contribution in [0.2, 0.25) is 0 Å². The predicted octanol–water partition coefficient (Wildman–Crippen LogP) is -3.95. The Labute approximate surface area is 81.0 Å². The van der Waals surface area contributed by atoms with Gasteiger partial charge in [0.05, 0.1) is 4.97 Å². The van der Waals surface area contributed by atoms with Gasteiger partial charge in [0.25, 0.3) is 0 Å². The summed E-state index contributed by atoms with van der Waals surface area (Å²) >= 11 is 0. The molecule has 0 amide bonds. The molecular weight excluding hydrogens is 149 g/mol. The van der Waals surface area contributed by atoms with E-state index in [2.05, 4.69) is 5.28 Å². The van der Waals surface area contributed by atoms with Crippen LogP contribution in [-0.2, 0) is 0 Å². The maximum absolute atomic E-state index is 10.3. The van der Waals surface area contributed by atoms with Crippen molar-refractivity contribution in [2.24, 2.45) is 5.28 Å². The van der Waals surface area contributed by atoms with Crippen molar-refractivity contribution < 1.29 is 46.3 Å². The third-order valence-corrected chi connectivity index (χ3v) is 1.16. The van der Waals surface area contributed by atoms with Crippen LogP contribution in [0.3, 0.4) is 0 Å². The molecule has 54 valence electrons. The SMILES string of the molecule is [H-].[Na+].[O-]/[N+](=N/O)N1CC(O)C1. The van der Waals surface area contributed by atoms with Gasteiger partial charge in [-0.05, 0) is 0 Å². The second-order valence-corrected chi connectivity index (χ2v) is 1.87. The average molecular weight is 157 g/mol. The predicted molar refractivity (Wildman–Crippen MR) is 26.5 cm³/mol. The molecule has 0 aliphatic carbocycles. The molecule has 7 heteroatoms. The summed E-state index contributed by atoms with van der Waals surface area (Å²) in [6.07, 6.45) is -0.455. The zero-order chi connectivity index (χ0) is 6.85. The minimum absolute atomic E-state index is 0. The van der Waals surface area contributed by atoms with Crippen molar-refractivity contribution in [2.45, 2.75) is 6.10 Å². The van der Waals surface area contributed by atoms with E-state index in [0.29, 0.717) is 0 Å². The van der Waals surface area contributed by atoms with E-state index in [1.165, 1.54) is 0 Å². The molecule has 10 heavy (non-hydrogen) atoms. The molecule has 1 heterocycles. The maximum Gasteiger partial charge on any atom is 1.00 e. The molecule has 0 saturated carbocycles. The summed E-state index contributed by atoms with van der Waals surface area (Å²) in [7, 11) is 0. The van der Waals surface area contributed by atoms with Crippen molar-refractivity contribution in [3.05, 3.63) is 5.21 Å². The van der Waals surface area contributed by atoms with Crippen LogP contribution in [0.4, 0.5) is 0 Å². The van der Waals surface area contributed by atoms with E-state index >= 15 is 0 Å². The van der Waals surface area contributed by atoms with Gasteiger partial charge in [0.15, 0.2) is 0 Å². The number of hydrazine groups is 1. The van der Waals surface area contributed by atoms with Gasteiger partial charge in [-0.25, -0.2) is 0 Å². The zero-order valence-corrected chi connectivity index (χ0v) is 7.64. The molecule has 1 aliphatic heterocycles. The molecule has 0 spiro atoms. The summed E-state index contributed by atoms with van der Waals surface area (Å²) in [4.78, 5) is 0.0483. The second-order valence-electron chi connectivity index (χ2n) is 1.87. The summed E-state index contributed by atoms with van der Waals surface area (Å²) in [6.45, 7) is 0.487. The van der Waals surface area contributed by atoms with Crippen molar-refractivity contribution in [3.8, 4) is 0 Å². The minimum Gasteiger partial charge on any atom is -1.00 e. The van der Waals surface area contributed by atoms with Gasteiger partial charge in [-0.2, -0.15) is 0 Å². The summed E-state index contributed by atoms with van der Waals surface area (Å²) in [6, 6.07) is 0. The van der Waals surface area contributed by atoms with Gasteiger partial charge < -0.3 is 16.9 Å². The molecule has 1 saturated heterocycles. The van der Waals surface area contributed by atoms with Crippen molar-refractivity contribution >= 4 is 0 Å². The Hall–Kier alpha value is -0.0400. The van der Waals surface area contributed by atoms with Crippen LogP contribution in [-0.4, -0.2) is 39.5 Å². The molecule has 0 atom stereocenters. The van der Waals surface area contributed by atoms with Crippen LogP contribution >= 0.6 is 0 Å². The molecule has 0 aromatic heterocycles. The Balaban J connectivity index is 0. The van der Waals surface area contributed by atoms with Gasteiger partial charge >= 0.3 is 29.6 Å². The van der Waals surface area contributed by atoms with E-state index in [4.69, 9.17) is 10.3 Å². The van der Waals surface area contributed by atoms with E-state index in [1.807, 2.05) is 0 Å². The number of aliphatic hydroxyl groups is 1. The zero-order valence-electron chi connectivity index (χ0n) is 6.64. The van der Waals surface area contributed by atoms with Crippen LogP contribution in [0.15, 0.2) is 5.28 Å². The monoisotopic (exact) mass is 157 g/mol. The Kier molecular flexibility index (Phi) is 3.95. The van der Waals surface area contributed by atoms with Gasteiger partial charge in [0.2, 0.25) is 5.28 Å². The van der Waals surface area contributed by atoms with Crippen LogP contribution in [0.5, 0.6) is 0 Å². The Morgan fingerprint density at radius 1 is 1.70 bits per heavy atom. The van der Waals surface area contributed by atoms with Crippen molar-refractivity contribution in [2.75, 3.05) is 13.1 Å². The first-order valence-electron chi connectivity index (χ1n) is 2.49. The summed E-state index contributed by atoms with van der Waals surface area (Å²) in [5, 5.41) is 30.3. The first-order chi connectivity index (χ1) is 4.24. The van der Waals surface area contributed by atoms with Gasteiger partial charge in [0.1, 0.15) is 19.2 Å². The van der Waals surface area contributed by atoms with E-state index in [9.17, 15) is 5.21 Å². The number of nitrogens with zero attached hydrogens (tertiary/aromatic N) is 3.